The average molecular weight is 297 g/mol. The van der Waals surface area contributed by atoms with E-state index in [0.717, 1.165) is 6.61 Å². The summed E-state index contributed by atoms with van der Waals surface area (Å²) in [7, 11) is 0. The molecule has 1 heterocycles. The molecule has 1 saturated heterocycles. The summed E-state index contributed by atoms with van der Waals surface area (Å²) in [6, 6.07) is 0. The first kappa shape index (κ1) is 19.0. The minimum Gasteiger partial charge on any atom is -0.378 e. The quantitative estimate of drug-likeness (QED) is 0.312. The van der Waals surface area contributed by atoms with Gasteiger partial charge in [-0.05, 0) is 25.7 Å². The van der Waals surface area contributed by atoms with Crippen LogP contribution in [-0.2, 0) is 4.74 Å². The van der Waals surface area contributed by atoms with Crippen LogP contribution < -0.4 is 0 Å². The molecule has 0 saturated carbocycles. The van der Waals surface area contributed by atoms with Crippen molar-refractivity contribution in [1.82, 2.24) is 0 Å². The van der Waals surface area contributed by atoms with Crippen LogP contribution in [0.4, 0.5) is 0 Å². The molecule has 0 bridgehead atoms. The minimum absolute atomic E-state index is 0.603. The molecule has 1 heteroatoms. The maximum atomic E-state index is 5.78. The van der Waals surface area contributed by atoms with Gasteiger partial charge in [0.25, 0.3) is 0 Å². The van der Waals surface area contributed by atoms with Crippen LogP contribution in [0.5, 0.6) is 0 Å². The smallest absolute Gasteiger partial charge is 0.0575 e. The van der Waals surface area contributed by atoms with Crippen LogP contribution in [0.1, 0.15) is 116 Å². The Bertz CT molecular complexity index is 196. The van der Waals surface area contributed by atoms with Gasteiger partial charge in [-0.2, -0.15) is 0 Å². The highest BCUT2D eigenvalue weighted by Gasteiger charge is 2.12. The first-order chi connectivity index (χ1) is 10.4. The lowest BCUT2D eigenvalue weighted by atomic mass is 10.0. The van der Waals surface area contributed by atoms with Crippen LogP contribution in [-0.4, -0.2) is 12.7 Å². The second-order valence-corrected chi connectivity index (χ2v) is 7.02. The molecule has 1 fully saturated rings. The molecule has 1 unspecified atom stereocenters. The number of unbranched alkanes of at least 4 members (excludes halogenated alkanes) is 12. The van der Waals surface area contributed by atoms with Gasteiger partial charge in [-0.3, -0.25) is 0 Å². The molecule has 0 spiro atoms. The summed E-state index contributed by atoms with van der Waals surface area (Å²) in [6.45, 7) is 3.31. The lowest BCUT2D eigenvalue weighted by molar-refractivity contribution is 0.00977. The predicted molar refractivity (Wildman–Crippen MR) is 93.9 cm³/mol. The fourth-order valence-electron chi connectivity index (χ4n) is 3.42. The molecule has 1 rings (SSSR count). The van der Waals surface area contributed by atoms with Crippen molar-refractivity contribution in [1.29, 1.82) is 0 Å². The fraction of sp³-hybridized carbons (Fsp3) is 1.00. The summed E-state index contributed by atoms with van der Waals surface area (Å²) in [4.78, 5) is 0. The highest BCUT2D eigenvalue weighted by molar-refractivity contribution is 4.63. The van der Waals surface area contributed by atoms with E-state index >= 15 is 0 Å². The number of rotatable bonds is 14. The van der Waals surface area contributed by atoms with Crippen molar-refractivity contribution < 1.29 is 4.74 Å². The number of hydrogen-bond acceptors (Lipinski definition) is 1. The van der Waals surface area contributed by atoms with E-state index in [4.69, 9.17) is 4.74 Å². The highest BCUT2D eigenvalue weighted by atomic mass is 16.5. The van der Waals surface area contributed by atoms with E-state index in [9.17, 15) is 0 Å². The lowest BCUT2D eigenvalue weighted by Crippen LogP contribution is -2.18. The molecule has 0 radical (unpaired) electrons. The van der Waals surface area contributed by atoms with Crippen molar-refractivity contribution in [3.8, 4) is 0 Å². The normalized spacial score (nSPS) is 19.0. The summed E-state index contributed by atoms with van der Waals surface area (Å²) >= 11 is 0. The molecule has 1 aliphatic rings. The Labute approximate surface area is 134 Å². The van der Waals surface area contributed by atoms with E-state index in [1.807, 2.05) is 0 Å². The van der Waals surface area contributed by atoms with Crippen molar-refractivity contribution >= 4 is 0 Å². The second-order valence-electron chi connectivity index (χ2n) is 7.02. The molecule has 0 amide bonds. The van der Waals surface area contributed by atoms with Crippen molar-refractivity contribution in [3.05, 3.63) is 0 Å². The SMILES string of the molecule is CCCCCCCCCCCCCCCC1CCCCO1. The third-order valence-electron chi connectivity index (χ3n) is 4.90. The van der Waals surface area contributed by atoms with Gasteiger partial charge in [0.15, 0.2) is 0 Å². The Hall–Kier alpha value is -0.0400. The molecule has 0 aromatic rings. The van der Waals surface area contributed by atoms with Gasteiger partial charge in [0.2, 0.25) is 0 Å². The fourth-order valence-corrected chi connectivity index (χ4v) is 3.42. The van der Waals surface area contributed by atoms with E-state index in [1.165, 1.54) is 109 Å². The molecular formula is C20H40O. The Balaban J connectivity index is 1.69. The molecule has 1 atom stereocenters. The molecule has 0 aliphatic carbocycles. The van der Waals surface area contributed by atoms with Crippen molar-refractivity contribution in [2.24, 2.45) is 0 Å². The first-order valence-electron chi connectivity index (χ1n) is 10.0. The van der Waals surface area contributed by atoms with E-state index in [0.29, 0.717) is 6.10 Å². The second kappa shape index (κ2) is 14.9. The van der Waals surface area contributed by atoms with E-state index in [1.54, 1.807) is 0 Å². The monoisotopic (exact) mass is 296 g/mol. The van der Waals surface area contributed by atoms with Gasteiger partial charge in [0, 0.05) is 6.61 Å². The van der Waals surface area contributed by atoms with Crippen LogP contribution in [0.15, 0.2) is 0 Å². The van der Waals surface area contributed by atoms with Gasteiger partial charge in [-0.25, -0.2) is 0 Å². The van der Waals surface area contributed by atoms with Crippen LogP contribution >= 0.6 is 0 Å². The zero-order valence-corrected chi connectivity index (χ0v) is 14.7. The van der Waals surface area contributed by atoms with Gasteiger partial charge in [0.1, 0.15) is 0 Å². The van der Waals surface area contributed by atoms with Crippen LogP contribution in [0.3, 0.4) is 0 Å². The van der Waals surface area contributed by atoms with Crippen molar-refractivity contribution in [3.63, 3.8) is 0 Å². The molecule has 0 N–H and O–H groups in total. The Kier molecular flexibility index (Phi) is 13.5. The minimum atomic E-state index is 0.603. The zero-order chi connectivity index (χ0) is 15.0. The van der Waals surface area contributed by atoms with Gasteiger partial charge in [-0.15, -0.1) is 0 Å². The standard InChI is InChI=1S/C20H40O/c1-2-3-4-5-6-7-8-9-10-11-12-13-14-17-20-18-15-16-19-21-20/h20H,2-19H2,1H3. The topological polar surface area (TPSA) is 9.23 Å². The Morgan fingerprint density at radius 2 is 1.19 bits per heavy atom. The average Bonchev–Trinajstić information content (AvgIpc) is 2.53. The highest BCUT2D eigenvalue weighted by Crippen LogP contribution is 2.19. The molecule has 0 aromatic carbocycles. The zero-order valence-electron chi connectivity index (χ0n) is 14.7. The molecule has 1 nitrogen and oxygen atoms in total. The van der Waals surface area contributed by atoms with Gasteiger partial charge >= 0.3 is 0 Å². The number of ether oxygens (including phenoxy) is 1. The maximum Gasteiger partial charge on any atom is 0.0575 e. The van der Waals surface area contributed by atoms with Gasteiger partial charge < -0.3 is 4.74 Å². The molecule has 126 valence electrons. The van der Waals surface area contributed by atoms with Crippen LogP contribution in [0, 0.1) is 0 Å². The van der Waals surface area contributed by atoms with Crippen LogP contribution in [0.25, 0.3) is 0 Å². The third-order valence-corrected chi connectivity index (χ3v) is 4.90. The summed E-state index contributed by atoms with van der Waals surface area (Å²) in [6.07, 6.45) is 24.7. The summed E-state index contributed by atoms with van der Waals surface area (Å²) in [5.74, 6) is 0. The third kappa shape index (κ3) is 12.2. The predicted octanol–water partition coefficient (Wildman–Crippen LogP) is 7.04. The van der Waals surface area contributed by atoms with Gasteiger partial charge in [0.05, 0.1) is 6.10 Å². The first-order valence-corrected chi connectivity index (χ1v) is 10.0. The molecular weight excluding hydrogens is 256 g/mol. The molecule has 1 aliphatic heterocycles. The largest absolute Gasteiger partial charge is 0.378 e. The Morgan fingerprint density at radius 3 is 1.67 bits per heavy atom. The van der Waals surface area contributed by atoms with Gasteiger partial charge in [-0.1, -0.05) is 90.4 Å². The van der Waals surface area contributed by atoms with E-state index in [2.05, 4.69) is 6.92 Å². The number of hydrogen-bond donors (Lipinski definition) is 0. The summed E-state index contributed by atoms with van der Waals surface area (Å²) in [5.41, 5.74) is 0. The Morgan fingerprint density at radius 1 is 0.667 bits per heavy atom. The van der Waals surface area contributed by atoms with E-state index < -0.39 is 0 Å². The molecule has 21 heavy (non-hydrogen) atoms. The summed E-state index contributed by atoms with van der Waals surface area (Å²) < 4.78 is 5.78. The molecule has 0 aromatic heterocycles. The van der Waals surface area contributed by atoms with E-state index in [-0.39, 0.29) is 0 Å². The summed E-state index contributed by atoms with van der Waals surface area (Å²) in [5, 5.41) is 0. The lowest BCUT2D eigenvalue weighted by Gasteiger charge is -2.22. The van der Waals surface area contributed by atoms with Crippen LogP contribution in [0.2, 0.25) is 0 Å². The van der Waals surface area contributed by atoms with Crippen molar-refractivity contribution in [2.45, 2.75) is 122 Å². The van der Waals surface area contributed by atoms with Crippen molar-refractivity contribution in [2.75, 3.05) is 6.61 Å². The maximum absolute atomic E-state index is 5.78.